The van der Waals surface area contributed by atoms with Crippen LogP contribution in [0.25, 0.3) is 0 Å². The van der Waals surface area contributed by atoms with Gasteiger partial charge in [-0.3, -0.25) is 4.90 Å². The molecule has 2 aliphatic rings. The number of nitrogens with zero attached hydrogens (tertiary/aromatic N) is 1. The number of fused-ring (bicyclic) bond motifs is 1. The summed E-state index contributed by atoms with van der Waals surface area (Å²) >= 11 is 0. The molecule has 0 bridgehead atoms. The van der Waals surface area contributed by atoms with Crippen LogP contribution in [0, 0.1) is 0 Å². The highest BCUT2D eigenvalue weighted by atomic mass is 19.4. The SMILES string of the molecule is O=C(NCc1ccccc1C(F)(F)F)NCC12COCCN1C(=O)OC2. The molecule has 142 valence electrons. The number of halogens is 3. The van der Waals surface area contributed by atoms with Crippen molar-refractivity contribution in [2.45, 2.75) is 18.3 Å². The number of alkyl halides is 3. The van der Waals surface area contributed by atoms with Crippen molar-refractivity contribution in [3.8, 4) is 0 Å². The number of urea groups is 1. The normalized spacial score (nSPS) is 22.6. The van der Waals surface area contributed by atoms with Gasteiger partial charge in [0.05, 0.1) is 18.8 Å². The first-order chi connectivity index (χ1) is 12.3. The number of carbonyl (C=O) groups excluding carboxylic acids is 2. The lowest BCUT2D eigenvalue weighted by Gasteiger charge is -2.38. The molecule has 1 aromatic carbocycles. The molecule has 26 heavy (non-hydrogen) atoms. The van der Waals surface area contributed by atoms with Crippen molar-refractivity contribution in [2.75, 3.05) is 32.9 Å². The van der Waals surface area contributed by atoms with E-state index in [2.05, 4.69) is 10.6 Å². The standard InChI is InChI=1S/C16H18F3N3O4/c17-16(18,19)12-4-2-1-3-11(12)7-20-13(23)21-8-15-9-25-6-5-22(15)14(24)26-10-15/h1-4H,5-10H2,(H2,20,21,23). The number of ether oxygens (including phenoxy) is 2. The Morgan fingerprint density at radius 2 is 2.00 bits per heavy atom. The van der Waals surface area contributed by atoms with Crippen molar-refractivity contribution in [2.24, 2.45) is 0 Å². The second-order valence-electron chi connectivity index (χ2n) is 6.17. The molecular weight excluding hydrogens is 355 g/mol. The zero-order valence-corrected chi connectivity index (χ0v) is 13.8. The minimum absolute atomic E-state index is 0.0321. The molecule has 0 aliphatic carbocycles. The van der Waals surface area contributed by atoms with E-state index in [1.165, 1.54) is 23.1 Å². The van der Waals surface area contributed by atoms with Crippen molar-refractivity contribution in [1.29, 1.82) is 0 Å². The number of hydrogen-bond acceptors (Lipinski definition) is 4. The van der Waals surface area contributed by atoms with Gasteiger partial charge in [-0.05, 0) is 11.6 Å². The number of amides is 3. The minimum Gasteiger partial charge on any atom is -0.447 e. The van der Waals surface area contributed by atoms with Crippen molar-refractivity contribution < 1.29 is 32.2 Å². The average molecular weight is 373 g/mol. The Morgan fingerprint density at radius 1 is 1.23 bits per heavy atom. The maximum absolute atomic E-state index is 13.0. The molecule has 1 unspecified atom stereocenters. The molecule has 0 radical (unpaired) electrons. The quantitative estimate of drug-likeness (QED) is 0.843. The lowest BCUT2D eigenvalue weighted by molar-refractivity contribution is -0.138. The first-order valence-electron chi connectivity index (χ1n) is 8.01. The molecule has 2 aliphatic heterocycles. The van der Waals surface area contributed by atoms with Gasteiger partial charge in [0.2, 0.25) is 0 Å². The molecule has 2 saturated heterocycles. The molecule has 0 aromatic heterocycles. The highest BCUT2D eigenvalue weighted by Gasteiger charge is 2.49. The Bertz CT molecular complexity index is 698. The summed E-state index contributed by atoms with van der Waals surface area (Å²) in [5.74, 6) is 0. The molecule has 0 saturated carbocycles. The number of rotatable bonds is 4. The molecule has 2 heterocycles. The van der Waals surface area contributed by atoms with Crippen molar-refractivity contribution >= 4 is 12.1 Å². The molecule has 3 amide bonds. The number of nitrogens with one attached hydrogen (secondary N) is 2. The summed E-state index contributed by atoms with van der Waals surface area (Å²) in [6, 6.07) is 4.40. The molecule has 0 spiro atoms. The predicted octanol–water partition coefficient (Wildman–Crippen LogP) is 1.73. The number of cyclic esters (lactones) is 1. The van der Waals surface area contributed by atoms with Gasteiger partial charge in [-0.15, -0.1) is 0 Å². The van der Waals surface area contributed by atoms with Gasteiger partial charge in [-0.2, -0.15) is 13.2 Å². The monoisotopic (exact) mass is 373 g/mol. The topological polar surface area (TPSA) is 79.9 Å². The fourth-order valence-electron chi connectivity index (χ4n) is 3.04. The summed E-state index contributed by atoms with van der Waals surface area (Å²) < 4.78 is 49.3. The highest BCUT2D eigenvalue weighted by molar-refractivity contribution is 5.75. The maximum Gasteiger partial charge on any atom is 0.416 e. The largest absolute Gasteiger partial charge is 0.447 e. The van der Waals surface area contributed by atoms with Gasteiger partial charge in [-0.25, -0.2) is 9.59 Å². The minimum atomic E-state index is -4.49. The molecule has 10 heteroatoms. The second kappa shape index (κ2) is 7.02. The third-order valence-corrected chi connectivity index (χ3v) is 4.43. The molecule has 3 rings (SSSR count). The van der Waals surface area contributed by atoms with Crippen LogP contribution in [-0.4, -0.2) is 55.5 Å². The van der Waals surface area contributed by atoms with Gasteiger partial charge in [0.25, 0.3) is 0 Å². The Labute approximate surface area is 147 Å². The van der Waals surface area contributed by atoms with E-state index in [-0.39, 0.29) is 31.9 Å². The fourth-order valence-corrected chi connectivity index (χ4v) is 3.04. The van der Waals surface area contributed by atoms with Crippen LogP contribution in [0.5, 0.6) is 0 Å². The van der Waals surface area contributed by atoms with E-state index in [1.807, 2.05) is 0 Å². The summed E-state index contributed by atoms with van der Waals surface area (Å²) in [4.78, 5) is 25.2. The molecule has 1 aromatic rings. The van der Waals surface area contributed by atoms with E-state index in [0.29, 0.717) is 13.2 Å². The van der Waals surface area contributed by atoms with Crippen LogP contribution in [0.1, 0.15) is 11.1 Å². The summed E-state index contributed by atoms with van der Waals surface area (Å²) in [6.45, 7) is 0.854. The lowest BCUT2D eigenvalue weighted by Crippen LogP contribution is -2.61. The van der Waals surface area contributed by atoms with Crippen LogP contribution in [-0.2, 0) is 22.2 Å². The zero-order valence-electron chi connectivity index (χ0n) is 13.8. The smallest absolute Gasteiger partial charge is 0.416 e. The van der Waals surface area contributed by atoms with Crippen LogP contribution in [0.15, 0.2) is 24.3 Å². The number of benzene rings is 1. The highest BCUT2D eigenvalue weighted by Crippen LogP contribution is 2.31. The predicted molar refractivity (Wildman–Crippen MR) is 83.3 cm³/mol. The van der Waals surface area contributed by atoms with Gasteiger partial charge in [0.1, 0.15) is 12.1 Å². The van der Waals surface area contributed by atoms with Crippen LogP contribution in [0.2, 0.25) is 0 Å². The van der Waals surface area contributed by atoms with E-state index in [1.54, 1.807) is 0 Å². The second-order valence-corrected chi connectivity index (χ2v) is 6.17. The van der Waals surface area contributed by atoms with Crippen LogP contribution in [0.3, 0.4) is 0 Å². The van der Waals surface area contributed by atoms with Gasteiger partial charge >= 0.3 is 18.3 Å². The van der Waals surface area contributed by atoms with E-state index < -0.39 is 29.4 Å². The zero-order chi connectivity index (χ0) is 18.8. The Kier molecular flexibility index (Phi) is 4.94. The molecular formula is C16H18F3N3O4. The van der Waals surface area contributed by atoms with Gasteiger partial charge < -0.3 is 20.1 Å². The number of morpholine rings is 1. The van der Waals surface area contributed by atoms with E-state index in [4.69, 9.17) is 9.47 Å². The number of hydrogen-bond donors (Lipinski definition) is 2. The van der Waals surface area contributed by atoms with E-state index in [0.717, 1.165) is 6.07 Å². The summed E-state index contributed by atoms with van der Waals surface area (Å²) in [5, 5.41) is 4.98. The van der Waals surface area contributed by atoms with Crippen molar-refractivity contribution in [1.82, 2.24) is 15.5 Å². The Hall–Kier alpha value is -2.49. The molecule has 2 N–H and O–H groups in total. The average Bonchev–Trinajstić information content (AvgIpc) is 2.95. The summed E-state index contributed by atoms with van der Waals surface area (Å²) in [6.07, 6.45) is -4.95. The van der Waals surface area contributed by atoms with Gasteiger partial charge in [0.15, 0.2) is 0 Å². The van der Waals surface area contributed by atoms with Gasteiger partial charge in [0, 0.05) is 19.6 Å². The molecule has 7 nitrogen and oxygen atoms in total. The van der Waals surface area contributed by atoms with Crippen molar-refractivity contribution in [3.63, 3.8) is 0 Å². The fraction of sp³-hybridized carbons (Fsp3) is 0.500. The summed E-state index contributed by atoms with van der Waals surface area (Å²) in [5.41, 5.74) is -1.60. The molecule has 1 atom stereocenters. The van der Waals surface area contributed by atoms with E-state index in [9.17, 15) is 22.8 Å². The first-order valence-corrected chi connectivity index (χ1v) is 8.01. The van der Waals surface area contributed by atoms with Gasteiger partial charge in [-0.1, -0.05) is 18.2 Å². The van der Waals surface area contributed by atoms with Crippen LogP contribution in [0.4, 0.5) is 22.8 Å². The Balaban J connectivity index is 1.56. The van der Waals surface area contributed by atoms with Crippen LogP contribution < -0.4 is 10.6 Å². The molecule has 2 fully saturated rings. The lowest BCUT2D eigenvalue weighted by atomic mass is 9.99. The Morgan fingerprint density at radius 3 is 2.77 bits per heavy atom. The van der Waals surface area contributed by atoms with Crippen molar-refractivity contribution in [3.05, 3.63) is 35.4 Å². The maximum atomic E-state index is 13.0. The third-order valence-electron chi connectivity index (χ3n) is 4.43. The number of carbonyl (C=O) groups is 2. The van der Waals surface area contributed by atoms with E-state index >= 15 is 0 Å². The van der Waals surface area contributed by atoms with Crippen LogP contribution >= 0.6 is 0 Å². The first kappa shape index (κ1) is 18.3. The summed E-state index contributed by atoms with van der Waals surface area (Å²) in [7, 11) is 0. The third kappa shape index (κ3) is 3.69.